The van der Waals surface area contributed by atoms with Gasteiger partial charge in [-0.1, -0.05) is 18.2 Å². The fraction of sp³-hybridized carbons (Fsp3) is 0.250. The zero-order valence-electron chi connectivity index (χ0n) is 17.7. The number of hydrogen-bond donors (Lipinski definition) is 1. The van der Waals surface area contributed by atoms with E-state index in [1.807, 2.05) is 6.07 Å². The predicted octanol–water partition coefficient (Wildman–Crippen LogP) is 4.77. The molecule has 3 aromatic rings. The molecule has 0 atom stereocenters. The molecule has 170 valence electrons. The Hall–Kier alpha value is -3.75. The third kappa shape index (κ3) is 5.19. The Balaban J connectivity index is 1.66. The van der Waals surface area contributed by atoms with E-state index in [1.165, 1.54) is 29.1 Å². The normalized spacial score (nSPS) is 16.0. The number of aliphatic imine (C=N–C) groups is 1. The van der Waals surface area contributed by atoms with Crippen molar-refractivity contribution in [1.82, 2.24) is 9.78 Å². The van der Waals surface area contributed by atoms with Gasteiger partial charge in [-0.2, -0.15) is 5.10 Å². The van der Waals surface area contributed by atoms with Gasteiger partial charge < -0.3 is 10.3 Å². The van der Waals surface area contributed by atoms with Crippen molar-refractivity contribution in [1.29, 1.82) is 5.41 Å². The summed E-state index contributed by atoms with van der Waals surface area (Å²) in [6.07, 6.45) is 2.03. The maximum absolute atomic E-state index is 15.0. The highest BCUT2D eigenvalue weighted by atomic mass is 19.3. The predicted molar refractivity (Wildman–Crippen MR) is 122 cm³/mol. The summed E-state index contributed by atoms with van der Waals surface area (Å²) in [5.74, 6) is -3.28. The van der Waals surface area contributed by atoms with Crippen LogP contribution in [0, 0.1) is 11.2 Å². The molecular formula is C24H22F3N5O. The smallest absolute Gasteiger partial charge is 0.251 e. The Labute approximate surface area is 188 Å². The van der Waals surface area contributed by atoms with E-state index in [-0.39, 0.29) is 43.7 Å². The number of alkyl halides is 2. The fourth-order valence-corrected chi connectivity index (χ4v) is 3.66. The fourth-order valence-electron chi connectivity index (χ4n) is 3.66. The van der Waals surface area contributed by atoms with Gasteiger partial charge >= 0.3 is 0 Å². The van der Waals surface area contributed by atoms with E-state index >= 15 is 0 Å². The molecule has 0 radical (unpaired) electrons. The van der Waals surface area contributed by atoms with Crippen LogP contribution in [0.5, 0.6) is 0 Å². The molecule has 2 heterocycles. The van der Waals surface area contributed by atoms with Gasteiger partial charge in [0.1, 0.15) is 5.69 Å². The van der Waals surface area contributed by atoms with Gasteiger partial charge in [-0.25, -0.2) is 17.9 Å². The third-order valence-electron chi connectivity index (χ3n) is 5.44. The molecular weight excluding hydrogens is 431 g/mol. The van der Waals surface area contributed by atoms with Crippen molar-refractivity contribution in [2.24, 2.45) is 4.99 Å². The van der Waals surface area contributed by atoms with Crippen LogP contribution in [0.25, 0.3) is 5.69 Å². The molecule has 1 saturated heterocycles. The molecule has 1 N–H and O–H groups in total. The first kappa shape index (κ1) is 22.4. The quantitative estimate of drug-likeness (QED) is 0.547. The summed E-state index contributed by atoms with van der Waals surface area (Å²) in [4.78, 5) is 18.7. The highest BCUT2D eigenvalue weighted by molar-refractivity contribution is 6.06. The van der Waals surface area contributed by atoms with Gasteiger partial charge in [0.2, 0.25) is 5.43 Å². The average molecular weight is 453 g/mol. The molecule has 2 aromatic carbocycles. The Morgan fingerprint density at radius 3 is 2.52 bits per heavy atom. The van der Waals surface area contributed by atoms with Crippen LogP contribution in [0.2, 0.25) is 0 Å². The van der Waals surface area contributed by atoms with E-state index < -0.39 is 17.2 Å². The zero-order chi connectivity index (χ0) is 23.4. The summed E-state index contributed by atoms with van der Waals surface area (Å²) in [6, 6.07) is 14.7. The number of nitrogens with zero attached hydrogens (tertiary/aromatic N) is 4. The van der Waals surface area contributed by atoms with E-state index in [0.29, 0.717) is 17.1 Å². The van der Waals surface area contributed by atoms with Gasteiger partial charge in [0.25, 0.3) is 5.92 Å². The van der Waals surface area contributed by atoms with Crippen LogP contribution in [0.1, 0.15) is 25.0 Å². The standard InChI is InChI=1S/C24H22F3N5O/c25-19-16-18(31-14-10-24(26,27)11-15-31)6-7-21(19)32-13-9-22(33)23(30-32)20(8-12-28)29-17-4-2-1-3-5-17/h1-7,9,12-13,16,28H,8,10-11,14-15H2. The molecule has 0 unspecified atom stereocenters. The van der Waals surface area contributed by atoms with Crippen molar-refractivity contribution in [3.63, 3.8) is 0 Å². The van der Waals surface area contributed by atoms with Gasteiger partial charge in [-0.05, 0) is 30.3 Å². The van der Waals surface area contributed by atoms with Crippen molar-refractivity contribution in [3.05, 3.63) is 82.5 Å². The number of anilines is 1. The molecule has 1 aromatic heterocycles. The van der Waals surface area contributed by atoms with Crippen molar-refractivity contribution in [2.45, 2.75) is 25.2 Å². The number of aromatic nitrogens is 2. The number of rotatable bonds is 6. The Morgan fingerprint density at radius 1 is 1.12 bits per heavy atom. The molecule has 9 heteroatoms. The largest absolute Gasteiger partial charge is 0.371 e. The monoisotopic (exact) mass is 453 g/mol. The van der Waals surface area contributed by atoms with Crippen LogP contribution >= 0.6 is 0 Å². The minimum Gasteiger partial charge on any atom is -0.371 e. The number of para-hydroxylation sites is 1. The SMILES string of the molecule is N=CCC(=Nc1ccccc1)c1nn(-c2ccc(N3CCC(F)(F)CC3)cc2F)ccc1=O. The van der Waals surface area contributed by atoms with Crippen LogP contribution in [0.3, 0.4) is 0 Å². The lowest BCUT2D eigenvalue weighted by Crippen LogP contribution is -2.39. The number of halogens is 3. The number of hydrogen-bond acceptors (Lipinski definition) is 5. The summed E-state index contributed by atoms with van der Waals surface area (Å²) in [7, 11) is 0. The van der Waals surface area contributed by atoms with Crippen LogP contribution in [-0.4, -0.2) is 40.7 Å². The Morgan fingerprint density at radius 2 is 1.85 bits per heavy atom. The molecule has 0 amide bonds. The second kappa shape index (κ2) is 9.40. The lowest BCUT2D eigenvalue weighted by Gasteiger charge is -2.33. The van der Waals surface area contributed by atoms with Gasteiger partial charge in [-0.3, -0.25) is 9.79 Å². The Bertz CT molecular complexity index is 1230. The number of nitrogens with one attached hydrogen (secondary N) is 1. The topological polar surface area (TPSA) is 74.3 Å². The molecule has 0 bridgehead atoms. The average Bonchev–Trinajstić information content (AvgIpc) is 2.80. The first-order valence-electron chi connectivity index (χ1n) is 10.5. The van der Waals surface area contributed by atoms with Crippen molar-refractivity contribution in [3.8, 4) is 5.69 Å². The zero-order valence-corrected chi connectivity index (χ0v) is 17.7. The minimum atomic E-state index is -2.68. The molecule has 0 saturated carbocycles. The van der Waals surface area contributed by atoms with Crippen molar-refractivity contribution in [2.75, 3.05) is 18.0 Å². The summed E-state index contributed by atoms with van der Waals surface area (Å²) < 4.78 is 43.1. The maximum atomic E-state index is 15.0. The summed E-state index contributed by atoms with van der Waals surface area (Å²) >= 11 is 0. The van der Waals surface area contributed by atoms with E-state index in [4.69, 9.17) is 5.41 Å². The molecule has 1 fully saturated rings. The first-order chi connectivity index (χ1) is 15.9. The van der Waals surface area contributed by atoms with Crippen molar-refractivity contribution >= 4 is 23.3 Å². The Kier molecular flexibility index (Phi) is 6.39. The van der Waals surface area contributed by atoms with E-state index in [0.717, 1.165) is 6.21 Å². The van der Waals surface area contributed by atoms with Crippen LogP contribution in [0.4, 0.5) is 24.5 Å². The van der Waals surface area contributed by atoms with Crippen LogP contribution in [-0.2, 0) is 0 Å². The van der Waals surface area contributed by atoms with E-state index in [9.17, 15) is 18.0 Å². The highest BCUT2D eigenvalue weighted by Crippen LogP contribution is 2.31. The van der Waals surface area contributed by atoms with E-state index in [1.54, 1.807) is 35.2 Å². The van der Waals surface area contributed by atoms with Gasteiger partial charge in [0.05, 0.1) is 11.4 Å². The molecule has 0 aliphatic carbocycles. The van der Waals surface area contributed by atoms with Crippen LogP contribution in [0.15, 0.2) is 70.6 Å². The second-order valence-corrected chi connectivity index (χ2v) is 7.75. The lowest BCUT2D eigenvalue weighted by atomic mass is 10.1. The lowest BCUT2D eigenvalue weighted by molar-refractivity contribution is -0.0220. The van der Waals surface area contributed by atoms with Crippen molar-refractivity contribution < 1.29 is 13.2 Å². The molecule has 1 aliphatic rings. The maximum Gasteiger partial charge on any atom is 0.251 e. The summed E-state index contributed by atoms with van der Waals surface area (Å²) in [5, 5.41) is 11.8. The molecule has 4 rings (SSSR count). The molecule has 0 spiro atoms. The summed E-state index contributed by atoms with van der Waals surface area (Å²) in [6.45, 7) is 0.296. The molecule has 1 aliphatic heterocycles. The van der Waals surface area contributed by atoms with Gasteiger partial charge in [0.15, 0.2) is 11.5 Å². The number of piperidine rings is 1. The van der Waals surface area contributed by atoms with Gasteiger partial charge in [0, 0.05) is 56.5 Å². The first-order valence-corrected chi connectivity index (χ1v) is 10.5. The number of benzene rings is 2. The minimum absolute atomic E-state index is 0.0200. The van der Waals surface area contributed by atoms with E-state index in [2.05, 4.69) is 10.1 Å². The molecule has 6 nitrogen and oxygen atoms in total. The van der Waals surface area contributed by atoms with Gasteiger partial charge in [-0.15, -0.1) is 0 Å². The third-order valence-corrected chi connectivity index (χ3v) is 5.44. The summed E-state index contributed by atoms with van der Waals surface area (Å²) in [5.41, 5.74) is 1.15. The molecule has 33 heavy (non-hydrogen) atoms. The van der Waals surface area contributed by atoms with Crippen LogP contribution < -0.4 is 10.3 Å². The highest BCUT2D eigenvalue weighted by Gasteiger charge is 2.34. The second-order valence-electron chi connectivity index (χ2n) is 7.75.